The van der Waals surface area contributed by atoms with Gasteiger partial charge in [-0.1, -0.05) is 13.3 Å². The lowest BCUT2D eigenvalue weighted by Gasteiger charge is -2.10. The maximum atomic E-state index is 11.1. The van der Waals surface area contributed by atoms with Crippen molar-refractivity contribution in [2.75, 3.05) is 26.2 Å². The molecule has 0 aromatic carbocycles. The zero-order chi connectivity index (χ0) is 13.6. The quantitative estimate of drug-likeness (QED) is 0.210. The summed E-state index contributed by atoms with van der Waals surface area (Å²) in [6.07, 6.45) is 3.46. The molecule has 0 aliphatic carbocycles. The maximum absolute atomic E-state index is 11.1. The summed E-state index contributed by atoms with van der Waals surface area (Å²) in [7, 11) is 0. The number of aliphatic imine (C=N–C) groups is 1. The van der Waals surface area contributed by atoms with Gasteiger partial charge in [0.1, 0.15) is 0 Å². The third-order valence-electron chi connectivity index (χ3n) is 2.28. The van der Waals surface area contributed by atoms with Crippen molar-refractivity contribution in [3.63, 3.8) is 0 Å². The van der Waals surface area contributed by atoms with Crippen LogP contribution in [0.5, 0.6) is 0 Å². The first-order valence-corrected chi connectivity index (χ1v) is 6.92. The lowest BCUT2D eigenvalue weighted by atomic mass is 10.3. The van der Waals surface area contributed by atoms with Gasteiger partial charge in [0.2, 0.25) is 0 Å². The summed E-state index contributed by atoms with van der Waals surface area (Å²) in [5.74, 6) is 0.687. The number of halogens is 1. The van der Waals surface area contributed by atoms with Gasteiger partial charge in [-0.25, -0.2) is 0 Å². The van der Waals surface area contributed by atoms with Gasteiger partial charge in [-0.2, -0.15) is 0 Å². The molecule has 0 saturated carbocycles. The van der Waals surface area contributed by atoms with Gasteiger partial charge in [0.15, 0.2) is 5.96 Å². The fourth-order valence-corrected chi connectivity index (χ4v) is 1.37. The number of nitrogens with one attached hydrogen (secondary N) is 2. The molecule has 0 aliphatic heterocycles. The number of guanidine groups is 1. The van der Waals surface area contributed by atoms with Crippen molar-refractivity contribution in [3.8, 4) is 0 Å². The number of esters is 1. The molecule has 0 saturated heterocycles. The smallest absolute Gasteiger partial charge is 0.305 e. The first-order valence-electron chi connectivity index (χ1n) is 6.92. The van der Waals surface area contributed by atoms with E-state index in [2.05, 4.69) is 22.5 Å². The molecular weight excluding hydrogens is 357 g/mol. The third kappa shape index (κ3) is 13.7. The lowest BCUT2D eigenvalue weighted by molar-refractivity contribution is -0.143. The van der Waals surface area contributed by atoms with Gasteiger partial charge in [-0.3, -0.25) is 9.79 Å². The van der Waals surface area contributed by atoms with E-state index in [1.54, 1.807) is 0 Å². The van der Waals surface area contributed by atoms with Crippen molar-refractivity contribution in [1.29, 1.82) is 0 Å². The normalized spacial score (nSPS) is 10.6. The van der Waals surface area contributed by atoms with Gasteiger partial charge >= 0.3 is 5.97 Å². The summed E-state index contributed by atoms with van der Waals surface area (Å²) in [6.45, 7) is 8.87. The van der Waals surface area contributed by atoms with Crippen molar-refractivity contribution in [3.05, 3.63) is 0 Å². The number of rotatable bonds is 9. The minimum atomic E-state index is -0.142. The van der Waals surface area contributed by atoms with E-state index in [1.165, 1.54) is 0 Å². The standard InChI is InChI=1S/C13H27N3O2.HI/c1-4-7-10-15-13(14-5-2)16-11-8-9-12(17)18-6-3;/h4-11H2,1-3H3,(H2,14,15,16);1H. The van der Waals surface area contributed by atoms with Gasteiger partial charge < -0.3 is 15.4 Å². The molecule has 5 nitrogen and oxygen atoms in total. The molecular formula is C13H28IN3O2. The largest absolute Gasteiger partial charge is 0.466 e. The van der Waals surface area contributed by atoms with Crippen molar-refractivity contribution in [1.82, 2.24) is 10.6 Å². The lowest BCUT2D eigenvalue weighted by Crippen LogP contribution is -2.37. The van der Waals surface area contributed by atoms with Crippen LogP contribution in [0.3, 0.4) is 0 Å². The second kappa shape index (κ2) is 15.5. The summed E-state index contributed by atoms with van der Waals surface area (Å²) in [5, 5.41) is 6.44. The summed E-state index contributed by atoms with van der Waals surface area (Å²) in [6, 6.07) is 0. The Balaban J connectivity index is 0. The Labute approximate surface area is 134 Å². The topological polar surface area (TPSA) is 62.7 Å². The Hall–Kier alpha value is -0.530. The summed E-state index contributed by atoms with van der Waals surface area (Å²) in [4.78, 5) is 15.5. The fraction of sp³-hybridized carbons (Fsp3) is 0.846. The second-order valence-electron chi connectivity index (χ2n) is 3.95. The first kappa shape index (κ1) is 20.8. The average molecular weight is 385 g/mol. The Bertz CT molecular complexity index is 248. The average Bonchev–Trinajstić information content (AvgIpc) is 2.35. The molecule has 0 aromatic heterocycles. The number of nitrogens with zero attached hydrogens (tertiary/aromatic N) is 1. The van der Waals surface area contributed by atoms with Crippen LogP contribution in [0, 0.1) is 0 Å². The highest BCUT2D eigenvalue weighted by molar-refractivity contribution is 14.0. The molecule has 0 atom stereocenters. The van der Waals surface area contributed by atoms with Crippen molar-refractivity contribution in [2.24, 2.45) is 4.99 Å². The highest BCUT2D eigenvalue weighted by Crippen LogP contribution is 1.93. The number of ether oxygens (including phenoxy) is 1. The van der Waals surface area contributed by atoms with E-state index < -0.39 is 0 Å². The second-order valence-corrected chi connectivity index (χ2v) is 3.95. The monoisotopic (exact) mass is 385 g/mol. The van der Waals surface area contributed by atoms with Gasteiger partial charge in [-0.15, -0.1) is 24.0 Å². The van der Waals surface area contributed by atoms with Crippen LogP contribution in [0.25, 0.3) is 0 Å². The van der Waals surface area contributed by atoms with E-state index in [1.807, 2.05) is 13.8 Å². The first-order chi connectivity index (χ1) is 8.74. The number of unbranched alkanes of at least 4 members (excludes halogenated alkanes) is 1. The minimum absolute atomic E-state index is 0. The summed E-state index contributed by atoms with van der Waals surface area (Å²) in [5.41, 5.74) is 0. The van der Waals surface area contributed by atoms with E-state index in [0.29, 0.717) is 19.6 Å². The predicted molar refractivity (Wildman–Crippen MR) is 90.2 cm³/mol. The molecule has 0 rings (SSSR count). The molecule has 0 unspecified atom stereocenters. The van der Waals surface area contributed by atoms with Crippen LogP contribution in [0.1, 0.15) is 46.5 Å². The number of hydrogen-bond donors (Lipinski definition) is 2. The van der Waals surface area contributed by atoms with Gasteiger partial charge in [0.05, 0.1) is 6.61 Å². The number of hydrogen-bond acceptors (Lipinski definition) is 3. The molecule has 0 fully saturated rings. The Morgan fingerprint density at radius 1 is 1.16 bits per heavy atom. The molecule has 0 amide bonds. The summed E-state index contributed by atoms with van der Waals surface area (Å²) < 4.78 is 4.86. The Morgan fingerprint density at radius 2 is 1.89 bits per heavy atom. The number of carbonyl (C=O) groups excluding carboxylic acids is 1. The van der Waals surface area contributed by atoms with Crippen molar-refractivity contribution in [2.45, 2.75) is 46.5 Å². The highest BCUT2D eigenvalue weighted by Gasteiger charge is 2.01. The van der Waals surface area contributed by atoms with Crippen LogP contribution in [-0.2, 0) is 9.53 Å². The molecule has 0 spiro atoms. The van der Waals surface area contributed by atoms with E-state index in [0.717, 1.165) is 38.3 Å². The zero-order valence-corrected chi connectivity index (χ0v) is 14.7. The van der Waals surface area contributed by atoms with E-state index in [-0.39, 0.29) is 29.9 Å². The molecule has 0 radical (unpaired) electrons. The number of carbonyl (C=O) groups is 1. The summed E-state index contributed by atoms with van der Waals surface area (Å²) >= 11 is 0. The Kier molecular flexibility index (Phi) is 17.0. The van der Waals surface area contributed by atoms with E-state index in [4.69, 9.17) is 4.74 Å². The van der Waals surface area contributed by atoms with E-state index >= 15 is 0 Å². The predicted octanol–water partition coefficient (Wildman–Crippen LogP) is 2.30. The van der Waals surface area contributed by atoms with Crippen molar-refractivity contribution < 1.29 is 9.53 Å². The minimum Gasteiger partial charge on any atom is -0.466 e. The molecule has 19 heavy (non-hydrogen) atoms. The molecule has 114 valence electrons. The fourth-order valence-electron chi connectivity index (χ4n) is 1.37. The van der Waals surface area contributed by atoms with Gasteiger partial charge in [0.25, 0.3) is 0 Å². The van der Waals surface area contributed by atoms with E-state index in [9.17, 15) is 4.79 Å². The molecule has 2 N–H and O–H groups in total. The third-order valence-corrected chi connectivity index (χ3v) is 2.28. The van der Waals surface area contributed by atoms with Crippen LogP contribution in [-0.4, -0.2) is 38.2 Å². The molecule has 6 heteroatoms. The Morgan fingerprint density at radius 3 is 2.47 bits per heavy atom. The van der Waals surface area contributed by atoms with Crippen molar-refractivity contribution >= 4 is 35.9 Å². The molecule has 0 heterocycles. The highest BCUT2D eigenvalue weighted by atomic mass is 127. The van der Waals surface area contributed by atoms with Gasteiger partial charge in [-0.05, 0) is 26.7 Å². The maximum Gasteiger partial charge on any atom is 0.305 e. The molecule has 0 aromatic rings. The zero-order valence-electron chi connectivity index (χ0n) is 12.3. The SMILES string of the molecule is CCCCNC(=NCCCC(=O)OCC)NCC.I. The van der Waals surface area contributed by atoms with Crippen LogP contribution < -0.4 is 10.6 Å². The van der Waals surface area contributed by atoms with Crippen LogP contribution in [0.4, 0.5) is 0 Å². The van der Waals surface area contributed by atoms with Crippen LogP contribution in [0.15, 0.2) is 4.99 Å². The van der Waals surface area contributed by atoms with Crippen LogP contribution >= 0.6 is 24.0 Å². The van der Waals surface area contributed by atoms with Crippen LogP contribution in [0.2, 0.25) is 0 Å². The van der Waals surface area contributed by atoms with Gasteiger partial charge in [0, 0.05) is 26.1 Å². The molecule has 0 aliphatic rings. The molecule has 0 bridgehead atoms.